The van der Waals surface area contributed by atoms with Crippen LogP contribution in [0.1, 0.15) is 58.4 Å². The van der Waals surface area contributed by atoms with Crippen LogP contribution >= 0.6 is 0 Å². The molecule has 1 saturated carbocycles. The quantitative estimate of drug-likeness (QED) is 0.0892. The van der Waals surface area contributed by atoms with Gasteiger partial charge < -0.3 is 23.7 Å². The molecule has 196 valence electrons. The number of benzene rings is 1. The lowest BCUT2D eigenvalue weighted by Gasteiger charge is -2.23. The normalized spacial score (nSPS) is 12.8. The van der Waals surface area contributed by atoms with Crippen LogP contribution in [-0.4, -0.2) is 52.9 Å². The zero-order chi connectivity index (χ0) is 25.3. The van der Waals surface area contributed by atoms with E-state index in [4.69, 9.17) is 23.7 Å². The molecule has 0 radical (unpaired) electrons. The van der Waals surface area contributed by atoms with Gasteiger partial charge in [-0.15, -0.1) is 0 Å². The number of hydrogen-bond acceptors (Lipinski definition) is 5. The van der Waals surface area contributed by atoms with Crippen LogP contribution in [-0.2, 0) is 18.9 Å². The van der Waals surface area contributed by atoms with E-state index in [9.17, 15) is 17.6 Å². The monoisotopic (exact) mass is 494 g/mol. The molecule has 1 aromatic rings. The summed E-state index contributed by atoms with van der Waals surface area (Å²) in [5.41, 5.74) is 0.272. The van der Waals surface area contributed by atoms with E-state index in [0.29, 0.717) is 45.4 Å². The number of rotatable bonds is 16. The van der Waals surface area contributed by atoms with Crippen molar-refractivity contribution in [3.05, 3.63) is 40.2 Å². The maximum Gasteiger partial charge on any atom is 0.207 e. The summed E-state index contributed by atoms with van der Waals surface area (Å²) in [5.74, 6) is -6.80. The molecule has 0 heterocycles. The molecule has 5 nitrogen and oxygen atoms in total. The zero-order valence-corrected chi connectivity index (χ0v) is 20.7. The molecular weight excluding hydrogens is 456 g/mol. The summed E-state index contributed by atoms with van der Waals surface area (Å²) < 4.78 is 82.5. The number of halogens is 4. The van der Waals surface area contributed by atoms with Gasteiger partial charge in [-0.3, -0.25) is 0 Å². The number of allylic oxidation sites excluding steroid dienone is 1. The Kier molecular flexibility index (Phi) is 15.8. The molecule has 0 aliphatic heterocycles. The fourth-order valence-electron chi connectivity index (χ4n) is 2.94. The lowest BCUT2D eigenvalue weighted by atomic mass is 9.90. The van der Waals surface area contributed by atoms with E-state index < -0.39 is 34.6 Å². The Labute approximate surface area is 200 Å². The van der Waals surface area contributed by atoms with Crippen LogP contribution in [0.3, 0.4) is 0 Å². The van der Waals surface area contributed by atoms with Gasteiger partial charge in [-0.25, -0.2) is 13.2 Å². The van der Waals surface area contributed by atoms with Gasteiger partial charge in [0, 0.05) is 18.6 Å². The van der Waals surface area contributed by atoms with Crippen molar-refractivity contribution >= 4 is 0 Å². The zero-order valence-electron chi connectivity index (χ0n) is 20.7. The summed E-state index contributed by atoms with van der Waals surface area (Å²) in [7, 11) is 0. The average molecular weight is 495 g/mol. The van der Waals surface area contributed by atoms with E-state index in [1.807, 2.05) is 20.8 Å². The molecule has 0 saturated heterocycles. The first-order chi connectivity index (χ1) is 16.5. The van der Waals surface area contributed by atoms with Gasteiger partial charge in [0.15, 0.2) is 17.5 Å². The van der Waals surface area contributed by atoms with Crippen molar-refractivity contribution in [1.82, 2.24) is 0 Å². The third-order valence-corrected chi connectivity index (χ3v) is 4.96. The summed E-state index contributed by atoms with van der Waals surface area (Å²) in [5, 5.41) is 0. The van der Waals surface area contributed by atoms with Gasteiger partial charge in [0.2, 0.25) is 11.6 Å². The van der Waals surface area contributed by atoms with Crippen LogP contribution in [0.4, 0.5) is 17.6 Å². The molecule has 9 heteroatoms. The Morgan fingerprint density at radius 2 is 1.18 bits per heavy atom. The molecule has 1 aliphatic rings. The first-order valence-electron chi connectivity index (χ1n) is 12.0. The second-order valence-corrected chi connectivity index (χ2v) is 7.39. The molecule has 1 aromatic carbocycles. The standard InChI is InChI=1S/C23H32F4O5.C2H6/c1-3-8-28-10-12-30-14-15-31-13-11-29-9-7-18(17-5-4-6-17)32-23-20(25)16(2)19(24)21(26)22(23)27;1-2/h3-15H2,1-2H3;1-2H3. The minimum Gasteiger partial charge on any atom is -0.455 e. The largest absolute Gasteiger partial charge is 0.455 e. The highest BCUT2D eigenvalue weighted by atomic mass is 19.2. The molecule has 1 fully saturated rings. The number of ether oxygens (including phenoxy) is 5. The summed E-state index contributed by atoms with van der Waals surface area (Å²) in [6, 6.07) is 0. The highest BCUT2D eigenvalue weighted by Gasteiger charge is 2.26. The van der Waals surface area contributed by atoms with Crippen LogP contribution in [0.25, 0.3) is 0 Å². The van der Waals surface area contributed by atoms with Gasteiger partial charge in [0.25, 0.3) is 0 Å². The summed E-state index contributed by atoms with van der Waals surface area (Å²) in [6.45, 7) is 10.7. The molecule has 0 N–H and O–H groups in total. The maximum atomic E-state index is 14.3. The predicted octanol–water partition coefficient (Wildman–Crippen LogP) is 6.26. The molecule has 0 spiro atoms. The van der Waals surface area contributed by atoms with Crippen molar-refractivity contribution in [3.63, 3.8) is 0 Å². The van der Waals surface area contributed by atoms with Gasteiger partial charge in [0.05, 0.1) is 46.2 Å². The van der Waals surface area contributed by atoms with Crippen molar-refractivity contribution in [2.24, 2.45) is 0 Å². The first-order valence-corrected chi connectivity index (χ1v) is 12.0. The van der Waals surface area contributed by atoms with E-state index in [-0.39, 0.29) is 13.0 Å². The summed E-state index contributed by atoms with van der Waals surface area (Å²) in [4.78, 5) is 0. The van der Waals surface area contributed by atoms with Crippen LogP contribution in [0.15, 0.2) is 11.3 Å². The average Bonchev–Trinajstić information content (AvgIpc) is 2.82. The Hall–Kier alpha value is -1.68. The minimum absolute atomic E-state index is 0.235. The second kappa shape index (κ2) is 17.7. The molecule has 2 rings (SSSR count). The van der Waals surface area contributed by atoms with Crippen molar-refractivity contribution in [2.75, 3.05) is 52.9 Å². The van der Waals surface area contributed by atoms with Crippen molar-refractivity contribution in [1.29, 1.82) is 0 Å². The van der Waals surface area contributed by atoms with Gasteiger partial charge in [0.1, 0.15) is 5.76 Å². The fraction of sp³-hybridized carbons (Fsp3) is 0.680. The Balaban J connectivity index is 0.00000281. The van der Waals surface area contributed by atoms with Gasteiger partial charge in [-0.1, -0.05) is 20.8 Å². The summed E-state index contributed by atoms with van der Waals surface area (Å²) >= 11 is 0. The second-order valence-electron chi connectivity index (χ2n) is 7.39. The Morgan fingerprint density at radius 3 is 1.65 bits per heavy atom. The smallest absolute Gasteiger partial charge is 0.207 e. The Morgan fingerprint density at radius 1 is 0.676 bits per heavy atom. The van der Waals surface area contributed by atoms with Crippen molar-refractivity contribution < 1.29 is 41.2 Å². The fourth-order valence-corrected chi connectivity index (χ4v) is 2.94. The van der Waals surface area contributed by atoms with E-state index in [1.54, 1.807) is 0 Å². The van der Waals surface area contributed by atoms with Gasteiger partial charge in [-0.2, -0.15) is 4.39 Å². The lowest BCUT2D eigenvalue weighted by molar-refractivity contribution is -0.00190. The highest BCUT2D eigenvalue weighted by molar-refractivity contribution is 5.36. The molecular formula is C25H38F4O5. The van der Waals surface area contributed by atoms with Gasteiger partial charge in [-0.05, 0) is 38.2 Å². The van der Waals surface area contributed by atoms with Crippen LogP contribution < -0.4 is 4.74 Å². The molecule has 0 atom stereocenters. The van der Waals surface area contributed by atoms with Crippen LogP contribution in [0.5, 0.6) is 5.75 Å². The SMILES string of the molecule is CC.CCCOCCOCCOCCOCCC(Oc1c(F)c(C)c(F)c(F)c1F)=C1CCC1. The van der Waals surface area contributed by atoms with E-state index in [0.717, 1.165) is 44.8 Å². The predicted molar refractivity (Wildman–Crippen MR) is 122 cm³/mol. The van der Waals surface area contributed by atoms with E-state index in [2.05, 4.69) is 0 Å². The topological polar surface area (TPSA) is 46.2 Å². The molecule has 34 heavy (non-hydrogen) atoms. The Bertz CT molecular complexity index is 720. The summed E-state index contributed by atoms with van der Waals surface area (Å²) in [6.07, 6.45) is 3.63. The minimum atomic E-state index is -1.75. The third kappa shape index (κ3) is 9.90. The van der Waals surface area contributed by atoms with Gasteiger partial charge >= 0.3 is 0 Å². The molecule has 0 unspecified atom stereocenters. The first kappa shape index (κ1) is 30.4. The molecule has 0 aromatic heterocycles. The molecule has 0 bridgehead atoms. The molecule has 0 amide bonds. The van der Waals surface area contributed by atoms with E-state index >= 15 is 0 Å². The molecule has 1 aliphatic carbocycles. The van der Waals surface area contributed by atoms with E-state index in [1.165, 1.54) is 0 Å². The van der Waals surface area contributed by atoms with Crippen molar-refractivity contribution in [3.8, 4) is 5.75 Å². The van der Waals surface area contributed by atoms with Crippen LogP contribution in [0.2, 0.25) is 0 Å². The van der Waals surface area contributed by atoms with Crippen molar-refractivity contribution in [2.45, 2.75) is 59.8 Å². The number of hydrogen-bond donors (Lipinski definition) is 0. The van der Waals surface area contributed by atoms with Crippen LogP contribution in [0, 0.1) is 30.2 Å². The third-order valence-electron chi connectivity index (χ3n) is 4.96. The maximum absolute atomic E-state index is 14.3. The lowest BCUT2D eigenvalue weighted by Crippen LogP contribution is -2.14. The highest BCUT2D eigenvalue weighted by Crippen LogP contribution is 2.35.